The summed E-state index contributed by atoms with van der Waals surface area (Å²) in [5, 5.41) is 13.2. The van der Waals surface area contributed by atoms with Crippen molar-refractivity contribution in [2.45, 2.75) is 30.9 Å². The molecule has 3 aromatic heterocycles. The number of anilines is 3. The smallest absolute Gasteiger partial charge is 0.358 e. The average Bonchev–Trinajstić information content (AvgIpc) is 3.37. The first-order chi connectivity index (χ1) is 16.7. The van der Waals surface area contributed by atoms with E-state index < -0.39 is 17.5 Å². The molecule has 1 fully saturated rings. The normalized spacial score (nSPS) is 14.5. The monoisotopic (exact) mass is 483 g/mol. The molecule has 1 amide bonds. The molecule has 1 aromatic carbocycles. The third-order valence-corrected chi connectivity index (χ3v) is 5.81. The lowest BCUT2D eigenvalue weighted by molar-refractivity contribution is -0.165. The molecule has 180 valence electrons. The van der Waals surface area contributed by atoms with Crippen molar-refractivity contribution < 1.29 is 22.5 Å². The van der Waals surface area contributed by atoms with Crippen LogP contribution in [0.15, 0.2) is 59.6 Å². The Balaban J connectivity index is 1.18. The number of rotatable bonds is 7. The molecule has 35 heavy (non-hydrogen) atoms. The van der Waals surface area contributed by atoms with Crippen molar-refractivity contribution >= 4 is 23.4 Å². The third-order valence-electron chi connectivity index (χ3n) is 5.81. The zero-order chi connectivity index (χ0) is 24.6. The Morgan fingerprint density at radius 2 is 1.83 bits per heavy atom. The summed E-state index contributed by atoms with van der Waals surface area (Å²) in [5.41, 5.74) is 1.18. The topological polar surface area (TPSA) is 111 Å². The quantitative estimate of drug-likeness (QED) is 0.401. The van der Waals surface area contributed by atoms with E-state index in [9.17, 15) is 18.0 Å². The zero-order valence-electron chi connectivity index (χ0n) is 18.5. The molecule has 1 aliphatic rings. The van der Waals surface area contributed by atoms with Crippen LogP contribution in [0.2, 0.25) is 0 Å². The summed E-state index contributed by atoms with van der Waals surface area (Å²) < 4.78 is 46.2. The Hall–Kier alpha value is -4.22. The number of halogens is 3. The molecule has 4 aromatic rings. The van der Waals surface area contributed by atoms with Crippen molar-refractivity contribution in [3.63, 3.8) is 0 Å². The molecule has 0 bridgehead atoms. The number of hydrogen-bond acceptors (Lipinski definition) is 7. The summed E-state index contributed by atoms with van der Waals surface area (Å²) in [5.74, 6) is -0.277. The van der Waals surface area contributed by atoms with Gasteiger partial charge in [-0.05, 0) is 24.0 Å². The van der Waals surface area contributed by atoms with E-state index in [1.807, 2.05) is 19.2 Å². The molecule has 12 heteroatoms. The highest BCUT2D eigenvalue weighted by molar-refractivity contribution is 5.91. The highest BCUT2D eigenvalue weighted by atomic mass is 19.4. The van der Waals surface area contributed by atoms with Gasteiger partial charge in [-0.2, -0.15) is 18.3 Å². The highest BCUT2D eigenvalue weighted by Gasteiger charge is 2.66. The standard InChI is InChI=1S/C23H20F3N7O2/c1-33-13-17(12-29-33)30-21-27-10-16(11-28-21)15-4-2-14(3-5-15)8-20(34)31-19-9-18(35-32-19)22(6-7-22)23(24,25)26/h2-5,9-13H,6-8H2,1H3,(H,27,28,30)(H,31,32,34). The van der Waals surface area contributed by atoms with Crippen LogP contribution in [-0.4, -0.2) is 37.0 Å². The lowest BCUT2D eigenvalue weighted by Gasteiger charge is -2.14. The van der Waals surface area contributed by atoms with E-state index >= 15 is 0 Å². The summed E-state index contributed by atoms with van der Waals surface area (Å²) in [4.78, 5) is 21.0. The van der Waals surface area contributed by atoms with Gasteiger partial charge in [0.25, 0.3) is 0 Å². The minimum Gasteiger partial charge on any atom is -0.358 e. The number of carbonyl (C=O) groups excluding carboxylic acids is 1. The molecule has 3 heterocycles. The van der Waals surface area contributed by atoms with Gasteiger partial charge in [0, 0.05) is 37.3 Å². The third kappa shape index (κ3) is 4.72. The van der Waals surface area contributed by atoms with Gasteiger partial charge < -0.3 is 15.2 Å². The van der Waals surface area contributed by atoms with Crippen LogP contribution in [-0.2, 0) is 23.7 Å². The molecule has 0 atom stereocenters. The number of carbonyl (C=O) groups is 1. The molecular formula is C23H20F3N7O2. The number of amides is 1. The Kier molecular flexibility index (Phi) is 5.50. The molecule has 1 aliphatic carbocycles. The van der Waals surface area contributed by atoms with E-state index in [0.29, 0.717) is 5.95 Å². The number of benzene rings is 1. The van der Waals surface area contributed by atoms with Gasteiger partial charge in [0.1, 0.15) is 5.41 Å². The van der Waals surface area contributed by atoms with Crippen LogP contribution in [0.25, 0.3) is 11.1 Å². The fourth-order valence-electron chi connectivity index (χ4n) is 3.70. The lowest BCUT2D eigenvalue weighted by Crippen LogP contribution is -2.28. The van der Waals surface area contributed by atoms with Crippen LogP contribution in [0.1, 0.15) is 24.2 Å². The molecule has 1 saturated carbocycles. The van der Waals surface area contributed by atoms with E-state index in [1.54, 1.807) is 41.6 Å². The molecule has 5 rings (SSSR count). The summed E-state index contributed by atoms with van der Waals surface area (Å²) in [6.45, 7) is 0. The molecule has 0 spiro atoms. The van der Waals surface area contributed by atoms with E-state index in [1.165, 1.54) is 0 Å². The van der Waals surface area contributed by atoms with Crippen molar-refractivity contribution in [2.75, 3.05) is 10.6 Å². The number of hydrogen-bond donors (Lipinski definition) is 2. The van der Waals surface area contributed by atoms with Gasteiger partial charge >= 0.3 is 6.18 Å². The summed E-state index contributed by atoms with van der Waals surface area (Å²) in [6, 6.07) is 8.39. The Morgan fingerprint density at radius 1 is 1.11 bits per heavy atom. The maximum atomic E-state index is 13.2. The average molecular weight is 483 g/mol. The number of nitrogens with one attached hydrogen (secondary N) is 2. The maximum Gasteiger partial charge on any atom is 0.401 e. The van der Waals surface area contributed by atoms with Gasteiger partial charge in [-0.25, -0.2) is 9.97 Å². The summed E-state index contributed by atoms with van der Waals surface area (Å²) in [6.07, 6.45) is 2.38. The minimum atomic E-state index is -4.41. The second kappa shape index (κ2) is 8.53. The number of alkyl halides is 3. The zero-order valence-corrected chi connectivity index (χ0v) is 18.5. The van der Waals surface area contributed by atoms with Crippen LogP contribution in [0, 0.1) is 0 Å². The molecule has 2 N–H and O–H groups in total. The second-order valence-corrected chi connectivity index (χ2v) is 8.40. The number of aromatic nitrogens is 5. The van der Waals surface area contributed by atoms with Gasteiger partial charge in [-0.3, -0.25) is 9.48 Å². The molecule has 0 radical (unpaired) electrons. The van der Waals surface area contributed by atoms with E-state index in [2.05, 4.69) is 30.9 Å². The fraction of sp³-hybridized carbons (Fsp3) is 0.261. The van der Waals surface area contributed by atoms with Crippen molar-refractivity contribution in [1.29, 1.82) is 0 Å². The summed E-state index contributed by atoms with van der Waals surface area (Å²) >= 11 is 0. The van der Waals surface area contributed by atoms with Crippen LogP contribution in [0.3, 0.4) is 0 Å². The molecule has 0 unspecified atom stereocenters. The first kappa shape index (κ1) is 22.6. The summed E-state index contributed by atoms with van der Waals surface area (Å²) in [7, 11) is 1.81. The van der Waals surface area contributed by atoms with Gasteiger partial charge in [0.15, 0.2) is 11.6 Å². The molecular weight excluding hydrogens is 463 g/mol. The molecule has 0 aliphatic heterocycles. The number of nitrogens with zero attached hydrogens (tertiary/aromatic N) is 5. The van der Waals surface area contributed by atoms with Crippen molar-refractivity contribution in [3.8, 4) is 11.1 Å². The van der Waals surface area contributed by atoms with Gasteiger partial charge in [0.2, 0.25) is 11.9 Å². The predicted octanol–water partition coefficient (Wildman–Crippen LogP) is 4.38. The van der Waals surface area contributed by atoms with Crippen LogP contribution < -0.4 is 10.6 Å². The van der Waals surface area contributed by atoms with Crippen LogP contribution in [0.4, 0.5) is 30.6 Å². The van der Waals surface area contributed by atoms with Gasteiger partial charge in [0.05, 0.1) is 18.3 Å². The highest BCUT2D eigenvalue weighted by Crippen LogP contribution is 2.59. The van der Waals surface area contributed by atoms with Crippen molar-refractivity contribution in [2.24, 2.45) is 7.05 Å². The first-order valence-corrected chi connectivity index (χ1v) is 10.7. The van der Waals surface area contributed by atoms with E-state index in [4.69, 9.17) is 4.52 Å². The predicted molar refractivity (Wildman–Crippen MR) is 120 cm³/mol. The first-order valence-electron chi connectivity index (χ1n) is 10.7. The second-order valence-electron chi connectivity index (χ2n) is 8.40. The SMILES string of the molecule is Cn1cc(Nc2ncc(-c3ccc(CC(=O)Nc4cc(C5(C(F)(F)F)CC5)on4)cc3)cn2)cn1. The Bertz CT molecular complexity index is 1340. The minimum absolute atomic E-state index is 0.0252. The van der Waals surface area contributed by atoms with Crippen molar-refractivity contribution in [3.05, 3.63) is 66.4 Å². The van der Waals surface area contributed by atoms with E-state index in [-0.39, 0.29) is 30.8 Å². The fourth-order valence-corrected chi connectivity index (χ4v) is 3.70. The largest absolute Gasteiger partial charge is 0.401 e. The van der Waals surface area contributed by atoms with Crippen LogP contribution in [0.5, 0.6) is 0 Å². The molecule has 9 nitrogen and oxygen atoms in total. The van der Waals surface area contributed by atoms with Gasteiger partial charge in [-0.1, -0.05) is 29.4 Å². The maximum absolute atomic E-state index is 13.2. The van der Waals surface area contributed by atoms with Crippen LogP contribution >= 0.6 is 0 Å². The Morgan fingerprint density at radius 3 is 2.43 bits per heavy atom. The molecule has 0 saturated heterocycles. The number of aryl methyl sites for hydroxylation is 1. The van der Waals surface area contributed by atoms with E-state index in [0.717, 1.165) is 28.4 Å². The van der Waals surface area contributed by atoms with Gasteiger partial charge in [-0.15, -0.1) is 0 Å². The Labute approximate surface area is 197 Å². The lowest BCUT2D eigenvalue weighted by atomic mass is 10.0. The van der Waals surface area contributed by atoms with Crippen molar-refractivity contribution in [1.82, 2.24) is 24.9 Å².